The van der Waals surface area contributed by atoms with Gasteiger partial charge in [-0.1, -0.05) is 12.1 Å². The molecule has 0 amide bonds. The van der Waals surface area contributed by atoms with E-state index < -0.39 is 34.1 Å². The molecule has 8 nitrogen and oxygen atoms in total. The number of anilines is 1. The summed E-state index contributed by atoms with van der Waals surface area (Å²) in [6.45, 7) is 2.36. The third-order valence-corrected chi connectivity index (χ3v) is 11.7. The predicted molar refractivity (Wildman–Crippen MR) is 158 cm³/mol. The van der Waals surface area contributed by atoms with Gasteiger partial charge in [0.05, 0.1) is 21.4 Å². The quantitative estimate of drug-likeness (QED) is 0.342. The van der Waals surface area contributed by atoms with Crippen molar-refractivity contribution in [1.29, 1.82) is 0 Å². The number of nitrogens with zero attached hydrogens (tertiary/aromatic N) is 5. The fourth-order valence-corrected chi connectivity index (χ4v) is 9.60. The Kier molecular flexibility index (Phi) is 6.31. The number of rotatable bonds is 5. The molecule has 0 aliphatic carbocycles. The Labute approximate surface area is 248 Å². The van der Waals surface area contributed by atoms with Crippen molar-refractivity contribution in [2.75, 3.05) is 37.7 Å². The summed E-state index contributed by atoms with van der Waals surface area (Å²) in [7, 11) is -0.922. The average molecular weight is 610 g/mol. The molecule has 8 rings (SSSR count). The van der Waals surface area contributed by atoms with Gasteiger partial charge in [0.15, 0.2) is 5.82 Å². The Morgan fingerprint density at radius 3 is 2.74 bits per heavy atom. The lowest BCUT2D eigenvalue weighted by Gasteiger charge is -2.33. The number of fused-ring (bicyclic) bond motifs is 5. The second-order valence-corrected chi connectivity index (χ2v) is 14.3. The lowest BCUT2D eigenvalue weighted by Crippen LogP contribution is -2.45. The second-order valence-electron chi connectivity index (χ2n) is 12.3. The summed E-state index contributed by atoms with van der Waals surface area (Å²) < 4.78 is 65.0. The highest BCUT2D eigenvalue weighted by atomic mass is 32.2. The van der Waals surface area contributed by atoms with Crippen LogP contribution in [-0.4, -0.2) is 84.2 Å². The zero-order chi connectivity index (χ0) is 29.5. The minimum atomic E-state index is -0.926. The van der Waals surface area contributed by atoms with E-state index in [0.29, 0.717) is 42.6 Å². The number of ether oxygens (including phenoxy) is 1. The van der Waals surface area contributed by atoms with E-state index in [1.807, 2.05) is 4.90 Å². The molecule has 0 saturated carbocycles. The standard InChI is InChI=1S/C31H30F3N5O3S/c32-18-11-31(7-2-8-39(31)13-18)16-42-30-36-28-23(29(37-30)38-14-20-5-6-21(15-38)43(20)41)12-35-27(26(28)34)22-10-19(40)9-17-3-1-4-24(33)25(17)22/h1,3-4,9-10,12,18,20-21,40H,2,5-8,11,13-16H2/t18-,20?,21?,31+,43?/m1/s1. The van der Waals surface area contributed by atoms with E-state index in [4.69, 9.17) is 9.72 Å². The third-order valence-electron chi connectivity index (χ3n) is 9.66. The van der Waals surface area contributed by atoms with Gasteiger partial charge in [0.2, 0.25) is 0 Å². The molecule has 0 spiro atoms. The normalized spacial score (nSPS) is 28.7. The minimum absolute atomic E-state index is 0.00208. The molecule has 2 unspecified atom stereocenters. The summed E-state index contributed by atoms with van der Waals surface area (Å²) in [5.74, 6) is -1.08. The number of pyridine rings is 1. The van der Waals surface area contributed by atoms with Crippen LogP contribution in [0.15, 0.2) is 36.5 Å². The maximum Gasteiger partial charge on any atom is 0.319 e. The van der Waals surface area contributed by atoms with Crippen LogP contribution in [0.4, 0.5) is 19.0 Å². The van der Waals surface area contributed by atoms with Crippen LogP contribution in [0, 0.1) is 11.6 Å². The van der Waals surface area contributed by atoms with Crippen molar-refractivity contribution < 1.29 is 27.2 Å². The second kappa shape index (κ2) is 10.0. The topological polar surface area (TPSA) is 91.7 Å². The van der Waals surface area contributed by atoms with Gasteiger partial charge in [0, 0.05) is 54.0 Å². The Hall–Kier alpha value is -3.51. The molecule has 4 aliphatic heterocycles. The summed E-state index contributed by atoms with van der Waals surface area (Å²) in [5, 5.41) is 11.3. The molecule has 2 bridgehead atoms. The van der Waals surface area contributed by atoms with Gasteiger partial charge in [-0.15, -0.1) is 0 Å². The van der Waals surface area contributed by atoms with Crippen molar-refractivity contribution in [2.45, 2.75) is 54.3 Å². The van der Waals surface area contributed by atoms with E-state index in [1.54, 1.807) is 6.07 Å². The molecule has 4 aliphatic rings. The molecular weight excluding hydrogens is 579 g/mol. The van der Waals surface area contributed by atoms with Gasteiger partial charge in [-0.25, -0.2) is 13.2 Å². The van der Waals surface area contributed by atoms with E-state index in [2.05, 4.69) is 14.9 Å². The first-order valence-corrected chi connectivity index (χ1v) is 16.0. The zero-order valence-electron chi connectivity index (χ0n) is 23.3. The Balaban J connectivity index is 1.26. The highest BCUT2D eigenvalue weighted by Crippen LogP contribution is 2.42. The molecule has 4 saturated heterocycles. The molecule has 12 heteroatoms. The molecule has 6 heterocycles. The van der Waals surface area contributed by atoms with E-state index in [-0.39, 0.29) is 51.0 Å². The Bertz CT molecular complexity index is 1790. The summed E-state index contributed by atoms with van der Waals surface area (Å²) in [6, 6.07) is 7.11. The molecule has 4 aromatic rings. The largest absolute Gasteiger partial charge is 0.508 e. The molecule has 2 aromatic carbocycles. The van der Waals surface area contributed by atoms with Crippen molar-refractivity contribution in [1.82, 2.24) is 19.9 Å². The zero-order valence-corrected chi connectivity index (χ0v) is 24.1. The molecule has 0 radical (unpaired) electrons. The number of aromatic hydroxyl groups is 1. The Morgan fingerprint density at radius 2 is 1.93 bits per heavy atom. The van der Waals surface area contributed by atoms with Gasteiger partial charge in [-0.2, -0.15) is 9.97 Å². The first kappa shape index (κ1) is 27.1. The van der Waals surface area contributed by atoms with Crippen LogP contribution in [0.1, 0.15) is 32.1 Å². The van der Waals surface area contributed by atoms with E-state index >= 15 is 8.78 Å². The number of phenols is 1. The Morgan fingerprint density at radius 1 is 1.12 bits per heavy atom. The lowest BCUT2D eigenvalue weighted by atomic mass is 9.95. The van der Waals surface area contributed by atoms with Gasteiger partial charge in [-0.3, -0.25) is 14.1 Å². The van der Waals surface area contributed by atoms with Crippen molar-refractivity contribution >= 4 is 38.3 Å². The van der Waals surface area contributed by atoms with Crippen LogP contribution >= 0.6 is 0 Å². The summed E-state index contributed by atoms with van der Waals surface area (Å²) in [6.07, 6.45) is 4.38. The molecule has 4 atom stereocenters. The average Bonchev–Trinajstić information content (AvgIpc) is 3.56. The number of aromatic nitrogens is 3. The SMILES string of the molecule is O=S1C2CCC1CN(c1nc(OC[C@@]34CCCN3C[C@H](F)C4)nc3c(F)c(-c4cc(O)cc5cccc(F)c45)ncc13)C2. The number of hydrogen-bond donors (Lipinski definition) is 1. The van der Waals surface area contributed by atoms with Crippen LogP contribution in [-0.2, 0) is 10.8 Å². The maximum atomic E-state index is 16.6. The summed E-state index contributed by atoms with van der Waals surface area (Å²) >= 11 is 0. The number of halogens is 3. The monoisotopic (exact) mass is 609 g/mol. The molecule has 2 aromatic heterocycles. The van der Waals surface area contributed by atoms with Gasteiger partial charge in [-0.05, 0) is 55.8 Å². The van der Waals surface area contributed by atoms with E-state index in [0.717, 1.165) is 32.2 Å². The lowest BCUT2D eigenvalue weighted by molar-refractivity contribution is 0.107. The van der Waals surface area contributed by atoms with Crippen LogP contribution < -0.4 is 9.64 Å². The number of hydrogen-bond acceptors (Lipinski definition) is 8. The smallest absolute Gasteiger partial charge is 0.319 e. The highest BCUT2D eigenvalue weighted by molar-refractivity contribution is 7.86. The van der Waals surface area contributed by atoms with Crippen molar-refractivity contribution in [3.05, 3.63) is 48.2 Å². The summed E-state index contributed by atoms with van der Waals surface area (Å²) in [4.78, 5) is 17.8. The summed E-state index contributed by atoms with van der Waals surface area (Å²) in [5.41, 5.74) is -0.557. The van der Waals surface area contributed by atoms with Gasteiger partial charge in [0.1, 0.15) is 41.4 Å². The first-order valence-electron chi connectivity index (χ1n) is 14.7. The number of alkyl halides is 1. The number of benzene rings is 2. The van der Waals surface area contributed by atoms with E-state index in [1.165, 1.54) is 30.5 Å². The van der Waals surface area contributed by atoms with Crippen molar-refractivity contribution in [3.63, 3.8) is 0 Å². The molecule has 224 valence electrons. The molecule has 43 heavy (non-hydrogen) atoms. The third kappa shape index (κ3) is 4.35. The van der Waals surface area contributed by atoms with E-state index in [9.17, 15) is 13.7 Å². The minimum Gasteiger partial charge on any atom is -0.508 e. The molecule has 1 N–H and O–H groups in total. The molecular formula is C31H30F3N5O3S. The fraction of sp³-hybridized carbons (Fsp3) is 0.452. The maximum absolute atomic E-state index is 16.6. The van der Waals surface area contributed by atoms with Crippen LogP contribution in [0.5, 0.6) is 11.8 Å². The van der Waals surface area contributed by atoms with Gasteiger partial charge < -0.3 is 14.7 Å². The highest BCUT2D eigenvalue weighted by Gasteiger charge is 2.49. The molecule has 4 fully saturated rings. The van der Waals surface area contributed by atoms with Gasteiger partial charge in [0.25, 0.3) is 0 Å². The first-order chi connectivity index (χ1) is 20.8. The fourth-order valence-electron chi connectivity index (χ4n) is 7.66. The number of phenolic OH excluding ortho intramolecular Hbond substituents is 1. The van der Waals surface area contributed by atoms with Crippen LogP contribution in [0.25, 0.3) is 32.9 Å². The van der Waals surface area contributed by atoms with Crippen molar-refractivity contribution in [3.8, 4) is 23.0 Å². The predicted octanol–water partition coefficient (Wildman–Crippen LogP) is 4.88. The van der Waals surface area contributed by atoms with Crippen LogP contribution in [0.3, 0.4) is 0 Å². The van der Waals surface area contributed by atoms with Crippen molar-refractivity contribution in [2.24, 2.45) is 0 Å². The van der Waals surface area contributed by atoms with Crippen LogP contribution in [0.2, 0.25) is 0 Å². The van der Waals surface area contributed by atoms with Gasteiger partial charge >= 0.3 is 6.01 Å².